The number of guanidine groups is 1. The van der Waals surface area contributed by atoms with Crippen LogP contribution in [0.15, 0.2) is 52.1 Å². The fraction of sp³-hybridized carbons (Fsp3) is 0.350. The number of alkyl carbamates (subject to hydrolysis) is 1. The number of aromatic nitrogens is 1. The Morgan fingerprint density at radius 3 is 2.79 bits per heavy atom. The molecule has 1 aliphatic rings. The van der Waals surface area contributed by atoms with E-state index >= 15 is 0 Å². The fourth-order valence-electron chi connectivity index (χ4n) is 2.75. The van der Waals surface area contributed by atoms with Gasteiger partial charge in [0, 0.05) is 19.2 Å². The van der Waals surface area contributed by atoms with Crippen molar-refractivity contribution in [2.24, 2.45) is 4.99 Å². The van der Waals surface area contributed by atoms with Crippen molar-refractivity contribution in [1.29, 1.82) is 0 Å². The molecule has 33 heavy (non-hydrogen) atoms. The van der Waals surface area contributed by atoms with Gasteiger partial charge in [-0.3, -0.25) is 9.79 Å². The Hall–Kier alpha value is -4.13. The van der Waals surface area contributed by atoms with Gasteiger partial charge in [0.1, 0.15) is 6.61 Å². The standard InChI is InChI=1S/C20H24N6O7/c27-13-24-17(30-11-10-23-19-21-8-9-22-19)16(18(28)32-15-6-7-25-33-15)26-20(29)31-12-14-4-2-1-3-5-14/h1-7,13,16-17H,8-12H2,(H,24,27)(H,26,29)(H2,21,22,23). The number of amides is 2. The maximum Gasteiger partial charge on any atom is 0.408 e. The first-order valence-corrected chi connectivity index (χ1v) is 10.1. The maximum absolute atomic E-state index is 12.7. The zero-order chi connectivity index (χ0) is 23.3. The van der Waals surface area contributed by atoms with Crippen molar-refractivity contribution in [3.8, 4) is 5.95 Å². The van der Waals surface area contributed by atoms with Crippen molar-refractivity contribution < 1.29 is 33.1 Å². The summed E-state index contributed by atoms with van der Waals surface area (Å²) in [7, 11) is 0. The van der Waals surface area contributed by atoms with Crippen molar-refractivity contribution in [3.05, 3.63) is 48.2 Å². The van der Waals surface area contributed by atoms with E-state index in [-0.39, 0.29) is 19.2 Å². The van der Waals surface area contributed by atoms with Crippen LogP contribution in [0, 0.1) is 0 Å². The van der Waals surface area contributed by atoms with E-state index in [0.29, 0.717) is 25.5 Å². The lowest BCUT2D eigenvalue weighted by Gasteiger charge is -2.25. The molecule has 3 rings (SSSR count). The summed E-state index contributed by atoms with van der Waals surface area (Å²) < 4.78 is 20.6. The van der Waals surface area contributed by atoms with Crippen LogP contribution in [0.2, 0.25) is 0 Å². The van der Waals surface area contributed by atoms with Crippen LogP contribution >= 0.6 is 0 Å². The van der Waals surface area contributed by atoms with Crippen molar-refractivity contribution in [2.75, 3.05) is 26.2 Å². The second kappa shape index (κ2) is 12.7. The maximum atomic E-state index is 12.7. The minimum atomic E-state index is -1.45. The van der Waals surface area contributed by atoms with Crippen LogP contribution in [0.25, 0.3) is 0 Å². The zero-order valence-electron chi connectivity index (χ0n) is 17.6. The first kappa shape index (κ1) is 23.5. The molecule has 2 unspecified atom stereocenters. The van der Waals surface area contributed by atoms with Gasteiger partial charge >= 0.3 is 18.0 Å². The molecule has 0 radical (unpaired) electrons. The summed E-state index contributed by atoms with van der Waals surface area (Å²) in [5.41, 5.74) is 0.752. The van der Waals surface area contributed by atoms with Crippen LogP contribution in [0.3, 0.4) is 0 Å². The predicted octanol–water partition coefficient (Wildman–Crippen LogP) is -0.487. The third-order valence-electron chi connectivity index (χ3n) is 4.26. The first-order chi connectivity index (χ1) is 16.2. The highest BCUT2D eigenvalue weighted by Gasteiger charge is 2.34. The molecule has 4 N–H and O–H groups in total. The Morgan fingerprint density at radius 1 is 1.24 bits per heavy atom. The molecule has 0 saturated carbocycles. The minimum absolute atomic E-state index is 0.0256. The van der Waals surface area contributed by atoms with E-state index in [4.69, 9.17) is 18.7 Å². The second-order valence-corrected chi connectivity index (χ2v) is 6.60. The van der Waals surface area contributed by atoms with Gasteiger partial charge in [-0.15, -0.1) is 0 Å². The summed E-state index contributed by atoms with van der Waals surface area (Å²) in [6.07, 6.45) is -0.556. The van der Waals surface area contributed by atoms with Gasteiger partial charge in [0.05, 0.1) is 19.3 Å². The van der Waals surface area contributed by atoms with Gasteiger partial charge < -0.3 is 40.0 Å². The third-order valence-corrected chi connectivity index (χ3v) is 4.26. The van der Waals surface area contributed by atoms with E-state index in [0.717, 1.165) is 12.1 Å². The third kappa shape index (κ3) is 7.81. The number of hydrogen-bond acceptors (Lipinski definition) is 11. The topological polar surface area (TPSA) is 165 Å². The van der Waals surface area contributed by atoms with Crippen LogP contribution in [0.1, 0.15) is 5.56 Å². The smallest absolute Gasteiger partial charge is 0.408 e. The molecule has 0 fully saturated rings. The Balaban J connectivity index is 1.61. The number of aliphatic imine (C=N–C) groups is 1. The molecule has 13 nitrogen and oxygen atoms in total. The van der Waals surface area contributed by atoms with Crippen LogP contribution in [-0.2, 0) is 25.7 Å². The van der Waals surface area contributed by atoms with E-state index in [9.17, 15) is 14.4 Å². The van der Waals surface area contributed by atoms with Gasteiger partial charge in [-0.2, -0.15) is 0 Å². The largest absolute Gasteiger partial charge is 0.445 e. The van der Waals surface area contributed by atoms with Crippen molar-refractivity contribution in [3.63, 3.8) is 0 Å². The van der Waals surface area contributed by atoms with E-state index < -0.39 is 24.3 Å². The SMILES string of the molecule is O=CNC(OCCNC1=NCCN1)C(NC(=O)OCc1ccccc1)C(=O)Oc1ccno1. The van der Waals surface area contributed by atoms with Crippen molar-refractivity contribution in [2.45, 2.75) is 18.9 Å². The Kier molecular flexibility index (Phi) is 9.03. The molecule has 13 heteroatoms. The van der Waals surface area contributed by atoms with E-state index in [2.05, 4.69) is 31.4 Å². The lowest BCUT2D eigenvalue weighted by Crippen LogP contribution is -2.57. The summed E-state index contributed by atoms with van der Waals surface area (Å²) in [4.78, 5) is 40.4. The number of carbonyl (C=O) groups is 3. The second-order valence-electron chi connectivity index (χ2n) is 6.60. The van der Waals surface area contributed by atoms with Gasteiger partial charge in [0.15, 0.2) is 18.2 Å². The van der Waals surface area contributed by atoms with Crippen molar-refractivity contribution >= 4 is 24.4 Å². The van der Waals surface area contributed by atoms with Gasteiger partial charge in [-0.1, -0.05) is 35.5 Å². The summed E-state index contributed by atoms with van der Waals surface area (Å²) in [6, 6.07) is 8.84. The van der Waals surface area contributed by atoms with Crippen LogP contribution in [-0.4, -0.2) is 68.1 Å². The van der Waals surface area contributed by atoms with Crippen LogP contribution < -0.4 is 26.0 Å². The highest BCUT2D eigenvalue weighted by molar-refractivity contribution is 5.83. The number of nitrogens with one attached hydrogen (secondary N) is 4. The minimum Gasteiger partial charge on any atom is -0.445 e. The van der Waals surface area contributed by atoms with Gasteiger partial charge in [0.25, 0.3) is 0 Å². The average molecular weight is 460 g/mol. The van der Waals surface area contributed by atoms with Crippen LogP contribution in [0.4, 0.5) is 4.79 Å². The number of nitrogens with zero attached hydrogens (tertiary/aromatic N) is 2. The molecule has 2 heterocycles. The zero-order valence-corrected chi connectivity index (χ0v) is 17.6. The summed E-state index contributed by atoms with van der Waals surface area (Å²) >= 11 is 0. The van der Waals surface area contributed by atoms with Crippen LogP contribution in [0.5, 0.6) is 5.95 Å². The number of benzene rings is 1. The molecular formula is C20H24N6O7. The van der Waals surface area contributed by atoms with Crippen molar-refractivity contribution in [1.82, 2.24) is 26.4 Å². The molecule has 2 atom stereocenters. The predicted molar refractivity (Wildman–Crippen MR) is 113 cm³/mol. The number of rotatable bonds is 12. The molecule has 1 aromatic carbocycles. The van der Waals surface area contributed by atoms with Gasteiger partial charge in [-0.25, -0.2) is 9.59 Å². The number of carbonyl (C=O) groups excluding carboxylic acids is 3. The molecule has 1 aromatic heterocycles. The monoisotopic (exact) mass is 460 g/mol. The highest BCUT2D eigenvalue weighted by Crippen LogP contribution is 2.10. The Labute approximate surface area is 188 Å². The molecule has 176 valence electrons. The van der Waals surface area contributed by atoms with E-state index in [1.54, 1.807) is 24.3 Å². The lowest BCUT2D eigenvalue weighted by atomic mass is 10.2. The fourth-order valence-corrected chi connectivity index (χ4v) is 2.75. The summed E-state index contributed by atoms with van der Waals surface area (Å²) in [6.45, 7) is 1.78. The van der Waals surface area contributed by atoms with Gasteiger partial charge in [0.2, 0.25) is 6.41 Å². The highest BCUT2D eigenvalue weighted by atomic mass is 16.7. The first-order valence-electron chi connectivity index (χ1n) is 10.1. The molecule has 0 spiro atoms. The number of ether oxygens (including phenoxy) is 3. The molecule has 2 amide bonds. The molecule has 0 aliphatic carbocycles. The van der Waals surface area contributed by atoms with E-state index in [1.807, 2.05) is 6.07 Å². The number of hydrogen-bond donors (Lipinski definition) is 4. The number of esters is 1. The molecule has 1 aliphatic heterocycles. The molecule has 0 bridgehead atoms. The summed E-state index contributed by atoms with van der Waals surface area (Å²) in [5.74, 6) is -0.527. The normalized spacial score (nSPS) is 14.2. The molecule has 2 aromatic rings. The average Bonchev–Trinajstić information content (AvgIpc) is 3.53. The summed E-state index contributed by atoms with van der Waals surface area (Å²) in [5, 5.41) is 14.2. The Bertz CT molecular complexity index is 922. The molecular weight excluding hydrogens is 436 g/mol. The Morgan fingerprint density at radius 2 is 2.09 bits per heavy atom. The molecule has 0 saturated heterocycles. The lowest BCUT2D eigenvalue weighted by molar-refractivity contribution is -0.143. The van der Waals surface area contributed by atoms with Gasteiger partial charge in [-0.05, 0) is 5.56 Å². The quantitative estimate of drug-likeness (QED) is 0.141. The van der Waals surface area contributed by atoms with E-state index in [1.165, 1.54) is 12.3 Å².